The number of nitrogens with two attached hydrogens (primary N) is 1. The monoisotopic (exact) mass is 620 g/mol. The quantitative estimate of drug-likeness (QED) is 0.155. The highest BCUT2D eigenvalue weighted by Crippen LogP contribution is 2.36. The Morgan fingerprint density at radius 1 is 1.00 bits per heavy atom. The minimum Gasteiger partial charge on any atom is -0.497 e. The summed E-state index contributed by atoms with van der Waals surface area (Å²) < 4.78 is 5.25. The number of benzene rings is 1. The third-order valence-corrected chi connectivity index (χ3v) is 9.02. The minimum absolute atomic E-state index is 0.0670. The van der Waals surface area contributed by atoms with Crippen LogP contribution in [-0.4, -0.2) is 76.9 Å². The number of nitrogens with one attached hydrogen (secondary N) is 3. The molecule has 0 bridgehead atoms. The van der Waals surface area contributed by atoms with Crippen LogP contribution in [0.25, 0.3) is 0 Å². The van der Waals surface area contributed by atoms with E-state index in [-0.39, 0.29) is 30.6 Å². The minimum atomic E-state index is -1.06. The van der Waals surface area contributed by atoms with Crippen LogP contribution in [0.1, 0.15) is 89.7 Å². The zero-order valence-corrected chi connectivity index (χ0v) is 27.0. The van der Waals surface area contributed by atoms with Crippen LogP contribution < -0.4 is 26.4 Å². The Morgan fingerprint density at radius 3 is 2.21 bits per heavy atom. The number of thioether (sulfide) groups is 1. The molecule has 0 heterocycles. The van der Waals surface area contributed by atoms with Gasteiger partial charge in [0.05, 0.1) is 31.7 Å². The molecule has 0 aliphatic heterocycles. The van der Waals surface area contributed by atoms with Gasteiger partial charge < -0.3 is 36.6 Å². The number of methoxy groups -OCH3 is 1. The van der Waals surface area contributed by atoms with Crippen LogP contribution in [0, 0.1) is 11.8 Å². The SMILES string of the molecule is COc1ccc(C(CC(=O)NC(CSC)C(=O)NC(CC2CCCCC2)C(O)C(O)C2CC2)NC(=O)CC(C)(C)N)cc1. The molecule has 10 nitrogen and oxygen atoms in total. The van der Waals surface area contributed by atoms with Crippen LogP contribution in [0.4, 0.5) is 0 Å². The second-order valence-corrected chi connectivity index (χ2v) is 13.9. The van der Waals surface area contributed by atoms with Crippen molar-refractivity contribution < 1.29 is 29.3 Å². The molecule has 0 spiro atoms. The maximum absolute atomic E-state index is 13.6. The van der Waals surface area contributed by atoms with Crippen LogP contribution in [-0.2, 0) is 14.4 Å². The number of rotatable bonds is 17. The van der Waals surface area contributed by atoms with E-state index in [0.29, 0.717) is 23.8 Å². The molecule has 43 heavy (non-hydrogen) atoms. The number of aliphatic hydroxyl groups is 2. The van der Waals surface area contributed by atoms with Crippen molar-refractivity contribution in [3.63, 3.8) is 0 Å². The molecule has 2 aliphatic carbocycles. The van der Waals surface area contributed by atoms with E-state index in [9.17, 15) is 24.6 Å². The molecule has 0 aromatic heterocycles. The third-order valence-electron chi connectivity index (χ3n) is 8.35. The average Bonchev–Trinajstić information content (AvgIpc) is 3.81. The van der Waals surface area contributed by atoms with Crippen molar-refractivity contribution >= 4 is 29.5 Å². The van der Waals surface area contributed by atoms with E-state index in [1.165, 1.54) is 18.2 Å². The van der Waals surface area contributed by atoms with Gasteiger partial charge in [0.15, 0.2) is 0 Å². The van der Waals surface area contributed by atoms with Gasteiger partial charge in [-0.15, -0.1) is 0 Å². The van der Waals surface area contributed by atoms with E-state index >= 15 is 0 Å². The molecule has 11 heteroatoms. The van der Waals surface area contributed by atoms with E-state index in [2.05, 4.69) is 16.0 Å². The van der Waals surface area contributed by atoms with Gasteiger partial charge in [0.2, 0.25) is 17.7 Å². The number of carbonyl (C=O) groups is 3. The molecule has 3 amide bonds. The summed E-state index contributed by atoms with van der Waals surface area (Å²) in [6.45, 7) is 3.52. The second kappa shape index (κ2) is 16.7. The molecule has 3 rings (SSSR count). The summed E-state index contributed by atoms with van der Waals surface area (Å²) in [5.74, 6) is 0.349. The lowest BCUT2D eigenvalue weighted by molar-refractivity contribution is -0.130. The van der Waals surface area contributed by atoms with Gasteiger partial charge in [-0.3, -0.25) is 14.4 Å². The van der Waals surface area contributed by atoms with Gasteiger partial charge in [-0.05, 0) is 68.9 Å². The number of hydrogen-bond donors (Lipinski definition) is 6. The van der Waals surface area contributed by atoms with Crippen LogP contribution >= 0.6 is 11.8 Å². The standard InChI is InChI=1S/C32H52N4O6S/c1-32(2,33)18-28(38)34-24(21-12-14-23(42-3)15-13-21)17-27(37)35-26(19-43-4)31(41)36-25(16-20-8-6-5-7-9-20)30(40)29(39)22-10-11-22/h12-15,20,22,24-26,29-30,39-40H,5-11,16-19,33H2,1-4H3,(H,34,38)(H,35,37)(H,36,41). The Morgan fingerprint density at radius 2 is 1.65 bits per heavy atom. The van der Waals surface area contributed by atoms with Crippen molar-refractivity contribution in [2.75, 3.05) is 19.1 Å². The van der Waals surface area contributed by atoms with Gasteiger partial charge in [-0.25, -0.2) is 0 Å². The fourth-order valence-corrected chi connectivity index (χ4v) is 6.41. The van der Waals surface area contributed by atoms with Gasteiger partial charge in [0.1, 0.15) is 17.9 Å². The number of ether oxygens (including phenoxy) is 1. The molecule has 0 radical (unpaired) electrons. The van der Waals surface area contributed by atoms with Gasteiger partial charge in [0, 0.05) is 17.7 Å². The molecular formula is C32H52N4O6S. The predicted octanol–water partition coefficient (Wildman–Crippen LogP) is 2.80. The van der Waals surface area contributed by atoms with E-state index < -0.39 is 41.8 Å². The van der Waals surface area contributed by atoms with Crippen molar-refractivity contribution in [3.8, 4) is 5.75 Å². The normalized spacial score (nSPS) is 19.4. The van der Waals surface area contributed by atoms with E-state index in [0.717, 1.165) is 44.1 Å². The summed E-state index contributed by atoms with van der Waals surface area (Å²) in [5.41, 5.74) is 6.04. The molecule has 5 atom stereocenters. The van der Waals surface area contributed by atoms with E-state index in [1.807, 2.05) is 6.26 Å². The summed E-state index contributed by atoms with van der Waals surface area (Å²) in [6, 6.07) is 5.01. The smallest absolute Gasteiger partial charge is 0.243 e. The van der Waals surface area contributed by atoms with Gasteiger partial charge in [-0.2, -0.15) is 11.8 Å². The number of amides is 3. The average molecular weight is 621 g/mol. The molecule has 2 fully saturated rings. The topological polar surface area (TPSA) is 163 Å². The van der Waals surface area contributed by atoms with E-state index in [4.69, 9.17) is 10.5 Å². The van der Waals surface area contributed by atoms with Crippen LogP contribution in [0.5, 0.6) is 5.75 Å². The number of carbonyl (C=O) groups excluding carboxylic acids is 3. The molecule has 5 unspecified atom stereocenters. The molecule has 1 aromatic carbocycles. The molecule has 0 saturated heterocycles. The van der Waals surface area contributed by atoms with Crippen LogP contribution in [0.15, 0.2) is 24.3 Å². The van der Waals surface area contributed by atoms with Crippen molar-refractivity contribution in [3.05, 3.63) is 29.8 Å². The Labute approximate surface area is 260 Å². The first kappa shape index (κ1) is 35.1. The molecule has 242 valence electrons. The van der Waals surface area contributed by atoms with Gasteiger partial charge >= 0.3 is 0 Å². The van der Waals surface area contributed by atoms with Crippen molar-refractivity contribution in [2.24, 2.45) is 17.6 Å². The summed E-state index contributed by atoms with van der Waals surface area (Å²) in [4.78, 5) is 39.7. The number of hydrogen-bond acceptors (Lipinski definition) is 8. The molecule has 2 aliphatic rings. The van der Waals surface area contributed by atoms with Gasteiger partial charge in [0.25, 0.3) is 0 Å². The fraction of sp³-hybridized carbons (Fsp3) is 0.719. The summed E-state index contributed by atoms with van der Waals surface area (Å²) >= 11 is 1.42. The largest absolute Gasteiger partial charge is 0.497 e. The first-order valence-electron chi connectivity index (χ1n) is 15.6. The maximum atomic E-state index is 13.6. The lowest BCUT2D eigenvalue weighted by Crippen LogP contribution is -2.56. The first-order chi connectivity index (χ1) is 20.4. The Bertz CT molecular complexity index is 1040. The zero-order valence-electron chi connectivity index (χ0n) is 26.1. The molecule has 1 aromatic rings. The Balaban J connectivity index is 1.70. The first-order valence-corrected chi connectivity index (χ1v) is 17.0. The Kier molecular flexibility index (Phi) is 13.6. The van der Waals surface area contributed by atoms with Crippen molar-refractivity contribution in [2.45, 2.75) is 114 Å². The lowest BCUT2D eigenvalue weighted by atomic mass is 9.82. The Hall–Kier alpha value is -2.34. The van der Waals surface area contributed by atoms with E-state index in [1.54, 1.807) is 45.2 Å². The molecular weight excluding hydrogens is 568 g/mol. The fourth-order valence-electron chi connectivity index (χ4n) is 5.84. The summed E-state index contributed by atoms with van der Waals surface area (Å²) in [6.07, 6.45) is 7.80. The van der Waals surface area contributed by atoms with Gasteiger partial charge in [-0.1, -0.05) is 44.2 Å². The zero-order chi connectivity index (χ0) is 31.6. The van der Waals surface area contributed by atoms with Crippen molar-refractivity contribution in [1.82, 2.24) is 16.0 Å². The highest BCUT2D eigenvalue weighted by atomic mass is 32.2. The lowest BCUT2D eigenvalue weighted by Gasteiger charge is -2.33. The number of aliphatic hydroxyl groups excluding tert-OH is 2. The summed E-state index contributed by atoms with van der Waals surface area (Å²) in [7, 11) is 1.56. The highest BCUT2D eigenvalue weighted by Gasteiger charge is 2.40. The van der Waals surface area contributed by atoms with Crippen molar-refractivity contribution in [1.29, 1.82) is 0 Å². The van der Waals surface area contributed by atoms with Crippen LogP contribution in [0.2, 0.25) is 0 Å². The maximum Gasteiger partial charge on any atom is 0.243 e. The highest BCUT2D eigenvalue weighted by molar-refractivity contribution is 7.98. The third kappa shape index (κ3) is 11.9. The predicted molar refractivity (Wildman–Crippen MR) is 170 cm³/mol. The van der Waals surface area contributed by atoms with Crippen LogP contribution in [0.3, 0.4) is 0 Å². The second-order valence-electron chi connectivity index (χ2n) is 13.0. The summed E-state index contributed by atoms with van der Waals surface area (Å²) in [5, 5.41) is 30.6. The molecule has 7 N–H and O–H groups in total. The molecule has 2 saturated carbocycles.